The van der Waals surface area contributed by atoms with Crippen molar-refractivity contribution >= 4 is 35.6 Å². The van der Waals surface area contributed by atoms with Crippen LogP contribution in [0.15, 0.2) is 24.3 Å². The van der Waals surface area contributed by atoms with E-state index < -0.39 is 72.6 Å². The molecule has 4 unspecified atom stereocenters. The second kappa shape index (κ2) is 13.6. The number of aromatic hydroxyl groups is 1. The zero-order valence-corrected chi connectivity index (χ0v) is 19.8. The van der Waals surface area contributed by atoms with Gasteiger partial charge in [-0.15, -0.1) is 0 Å². The zero-order valence-electron chi connectivity index (χ0n) is 19.8. The van der Waals surface area contributed by atoms with Crippen molar-refractivity contribution in [1.82, 2.24) is 16.0 Å². The Labute approximate surface area is 206 Å². The van der Waals surface area contributed by atoms with Crippen molar-refractivity contribution in [2.75, 3.05) is 0 Å². The molecule has 1 aromatic carbocycles. The van der Waals surface area contributed by atoms with E-state index >= 15 is 0 Å². The van der Waals surface area contributed by atoms with Crippen molar-refractivity contribution in [2.45, 2.75) is 57.3 Å². The maximum Gasteiger partial charge on any atom is 0.326 e. The van der Waals surface area contributed by atoms with Crippen LogP contribution in [-0.4, -0.2) is 75.1 Å². The number of aliphatic carboxylic acids is 2. The van der Waals surface area contributed by atoms with Crippen LogP contribution >= 0.6 is 0 Å². The molecule has 4 atom stereocenters. The number of carboxylic acid groups (broad SMARTS) is 2. The molecule has 0 heterocycles. The van der Waals surface area contributed by atoms with Crippen LogP contribution in [0.5, 0.6) is 5.75 Å². The SMILES string of the molecule is CC(C)C(N)C(=O)NC(Cc1ccc(O)cc1)C(=O)NC(CC(N)=O)C(=O)NC(CC(=O)O)C(=O)O. The average molecular weight is 510 g/mol. The Bertz CT molecular complexity index is 981. The molecule has 0 aliphatic heterocycles. The van der Waals surface area contributed by atoms with Crippen molar-refractivity contribution in [3.63, 3.8) is 0 Å². The average Bonchev–Trinajstić information content (AvgIpc) is 2.77. The highest BCUT2D eigenvalue weighted by atomic mass is 16.4. The first-order chi connectivity index (χ1) is 16.7. The van der Waals surface area contributed by atoms with Crippen molar-refractivity contribution in [2.24, 2.45) is 17.4 Å². The lowest BCUT2D eigenvalue weighted by Crippen LogP contribution is -2.58. The molecule has 0 aliphatic rings. The second-order valence-corrected chi connectivity index (χ2v) is 8.43. The molecule has 198 valence electrons. The van der Waals surface area contributed by atoms with E-state index in [9.17, 15) is 33.9 Å². The quantitative estimate of drug-likeness (QED) is 0.134. The van der Waals surface area contributed by atoms with Crippen LogP contribution in [0.4, 0.5) is 0 Å². The lowest BCUT2D eigenvalue weighted by molar-refractivity contribution is -0.147. The summed E-state index contributed by atoms with van der Waals surface area (Å²) in [6.45, 7) is 3.39. The normalized spacial score (nSPS) is 14.1. The maximum absolute atomic E-state index is 13.1. The summed E-state index contributed by atoms with van der Waals surface area (Å²) in [4.78, 5) is 71.9. The van der Waals surface area contributed by atoms with Crippen molar-refractivity contribution in [3.05, 3.63) is 29.8 Å². The third-order valence-corrected chi connectivity index (χ3v) is 5.06. The molecular weight excluding hydrogens is 478 g/mol. The maximum atomic E-state index is 13.1. The number of hydrogen-bond donors (Lipinski definition) is 8. The molecule has 36 heavy (non-hydrogen) atoms. The molecule has 1 aromatic rings. The smallest absolute Gasteiger partial charge is 0.326 e. The van der Waals surface area contributed by atoms with E-state index in [1.165, 1.54) is 24.3 Å². The van der Waals surface area contributed by atoms with Gasteiger partial charge in [-0.05, 0) is 23.6 Å². The first-order valence-electron chi connectivity index (χ1n) is 10.9. The minimum Gasteiger partial charge on any atom is -0.508 e. The van der Waals surface area contributed by atoms with Crippen LogP contribution in [-0.2, 0) is 35.2 Å². The highest BCUT2D eigenvalue weighted by Crippen LogP contribution is 2.12. The third-order valence-electron chi connectivity index (χ3n) is 5.06. The Morgan fingerprint density at radius 1 is 0.806 bits per heavy atom. The fourth-order valence-electron chi connectivity index (χ4n) is 2.98. The van der Waals surface area contributed by atoms with Gasteiger partial charge in [-0.1, -0.05) is 26.0 Å². The first-order valence-corrected chi connectivity index (χ1v) is 10.9. The van der Waals surface area contributed by atoms with Gasteiger partial charge >= 0.3 is 11.9 Å². The molecule has 0 radical (unpaired) electrons. The minimum atomic E-state index is -1.83. The number of rotatable bonds is 14. The molecule has 0 aliphatic carbocycles. The third kappa shape index (κ3) is 9.97. The molecule has 0 fully saturated rings. The number of nitrogens with two attached hydrogens (primary N) is 2. The standard InChI is InChI=1S/C22H31N5O9/c1-10(2)18(24)21(34)26-13(7-11-3-5-12(28)6-4-11)19(32)25-14(8-16(23)29)20(33)27-15(22(35)36)9-17(30)31/h3-6,10,13-15,18,28H,7-9,24H2,1-2H3,(H2,23,29)(H,25,32)(H,26,34)(H,27,33)(H,30,31)(H,35,36). The Kier molecular flexibility index (Phi) is 11.3. The van der Waals surface area contributed by atoms with Gasteiger partial charge in [0.25, 0.3) is 0 Å². The number of phenols is 1. The summed E-state index contributed by atoms with van der Waals surface area (Å²) >= 11 is 0. The van der Waals surface area contributed by atoms with E-state index in [0.717, 1.165) is 0 Å². The summed E-state index contributed by atoms with van der Waals surface area (Å²) < 4.78 is 0. The van der Waals surface area contributed by atoms with Gasteiger partial charge in [0.05, 0.1) is 18.9 Å². The second-order valence-electron chi connectivity index (χ2n) is 8.43. The van der Waals surface area contributed by atoms with Gasteiger partial charge in [0.15, 0.2) is 0 Å². The van der Waals surface area contributed by atoms with Crippen LogP contribution in [0.2, 0.25) is 0 Å². The van der Waals surface area contributed by atoms with Crippen LogP contribution in [0.1, 0.15) is 32.3 Å². The summed E-state index contributed by atoms with van der Waals surface area (Å²) in [5.41, 5.74) is 11.5. The molecular formula is C22H31N5O9. The number of carbonyl (C=O) groups excluding carboxylic acids is 4. The fraction of sp³-hybridized carbons (Fsp3) is 0.455. The molecule has 0 saturated heterocycles. The van der Waals surface area contributed by atoms with Crippen molar-refractivity contribution in [3.8, 4) is 5.75 Å². The largest absolute Gasteiger partial charge is 0.508 e. The van der Waals surface area contributed by atoms with E-state index in [4.69, 9.17) is 21.7 Å². The monoisotopic (exact) mass is 509 g/mol. The molecule has 0 spiro atoms. The van der Waals surface area contributed by atoms with Crippen LogP contribution < -0.4 is 27.4 Å². The van der Waals surface area contributed by atoms with Gasteiger partial charge in [-0.2, -0.15) is 0 Å². The highest BCUT2D eigenvalue weighted by Gasteiger charge is 2.32. The van der Waals surface area contributed by atoms with Gasteiger partial charge in [-0.25, -0.2) is 4.79 Å². The number of primary amides is 1. The van der Waals surface area contributed by atoms with Gasteiger partial charge in [0.1, 0.15) is 23.9 Å². The van der Waals surface area contributed by atoms with E-state index in [-0.39, 0.29) is 18.1 Å². The molecule has 0 bridgehead atoms. The fourth-order valence-corrected chi connectivity index (χ4v) is 2.98. The van der Waals surface area contributed by atoms with Gasteiger partial charge in [0, 0.05) is 6.42 Å². The first kappa shape index (κ1) is 29.8. The number of amides is 4. The van der Waals surface area contributed by atoms with E-state index in [2.05, 4.69) is 10.6 Å². The Balaban J connectivity index is 3.16. The predicted molar refractivity (Wildman–Crippen MR) is 124 cm³/mol. The Morgan fingerprint density at radius 2 is 1.31 bits per heavy atom. The molecule has 4 amide bonds. The number of carbonyl (C=O) groups is 6. The Morgan fingerprint density at radius 3 is 1.78 bits per heavy atom. The molecule has 10 N–H and O–H groups in total. The molecule has 0 saturated carbocycles. The number of carboxylic acids is 2. The molecule has 14 nitrogen and oxygen atoms in total. The summed E-state index contributed by atoms with van der Waals surface area (Å²) in [6.07, 6.45) is -1.78. The number of hydrogen-bond acceptors (Lipinski definition) is 8. The minimum absolute atomic E-state index is 0.0295. The highest BCUT2D eigenvalue weighted by molar-refractivity contribution is 5.96. The van der Waals surface area contributed by atoms with Crippen LogP contribution in [0.25, 0.3) is 0 Å². The van der Waals surface area contributed by atoms with E-state index in [1.807, 2.05) is 5.32 Å². The number of phenolic OH excluding ortho intramolecular Hbond substituents is 1. The lowest BCUT2D eigenvalue weighted by Gasteiger charge is -2.25. The van der Waals surface area contributed by atoms with Gasteiger partial charge in [-0.3, -0.25) is 24.0 Å². The van der Waals surface area contributed by atoms with Gasteiger partial charge in [0.2, 0.25) is 23.6 Å². The van der Waals surface area contributed by atoms with Crippen molar-refractivity contribution < 1.29 is 44.1 Å². The van der Waals surface area contributed by atoms with Crippen molar-refractivity contribution in [1.29, 1.82) is 0 Å². The number of benzene rings is 1. The van der Waals surface area contributed by atoms with E-state index in [1.54, 1.807) is 13.8 Å². The van der Waals surface area contributed by atoms with Crippen LogP contribution in [0.3, 0.4) is 0 Å². The zero-order chi connectivity index (χ0) is 27.6. The predicted octanol–water partition coefficient (Wildman–Crippen LogP) is -2.19. The lowest BCUT2D eigenvalue weighted by atomic mass is 10.0. The molecule has 1 rings (SSSR count). The van der Waals surface area contributed by atoms with E-state index in [0.29, 0.717) is 5.56 Å². The molecule has 14 heteroatoms. The topological polar surface area (TPSA) is 251 Å². The summed E-state index contributed by atoms with van der Waals surface area (Å²) in [5, 5.41) is 34.2. The Hall–Kier alpha value is -4.20. The summed E-state index contributed by atoms with van der Waals surface area (Å²) in [5.74, 6) is -7.19. The van der Waals surface area contributed by atoms with Crippen LogP contribution in [0, 0.1) is 5.92 Å². The summed E-state index contributed by atoms with van der Waals surface area (Å²) in [7, 11) is 0. The van der Waals surface area contributed by atoms with Gasteiger partial charge < -0.3 is 42.7 Å². The number of nitrogens with one attached hydrogen (secondary N) is 3. The summed E-state index contributed by atoms with van der Waals surface area (Å²) in [6, 6.07) is -0.0144. The molecule has 0 aromatic heterocycles.